The highest BCUT2D eigenvalue weighted by molar-refractivity contribution is 5.26. The lowest BCUT2D eigenvalue weighted by atomic mass is 10.2. The molecule has 0 bridgehead atoms. The monoisotopic (exact) mass is 246 g/mol. The second kappa shape index (κ2) is 5.20. The lowest BCUT2D eigenvalue weighted by Gasteiger charge is -2.15. The fourth-order valence-electron chi connectivity index (χ4n) is 2.56. The molecule has 1 aliphatic rings. The van der Waals surface area contributed by atoms with Crippen molar-refractivity contribution in [3.05, 3.63) is 24.8 Å². The third-order valence-corrected chi connectivity index (χ3v) is 3.48. The fourth-order valence-corrected chi connectivity index (χ4v) is 2.56. The Morgan fingerprint density at radius 3 is 2.89 bits per heavy atom. The number of aromatic nitrogens is 5. The van der Waals surface area contributed by atoms with Crippen LogP contribution in [-0.2, 0) is 6.54 Å². The van der Waals surface area contributed by atoms with E-state index in [1.54, 1.807) is 6.20 Å². The molecule has 0 aromatic carbocycles. The molecule has 2 aromatic rings. The third kappa shape index (κ3) is 2.37. The first-order valence-electron chi connectivity index (χ1n) is 6.54. The lowest BCUT2D eigenvalue weighted by Crippen LogP contribution is -2.15. The van der Waals surface area contributed by atoms with Crippen molar-refractivity contribution in [3.63, 3.8) is 0 Å². The van der Waals surface area contributed by atoms with Crippen LogP contribution in [0.2, 0.25) is 0 Å². The van der Waals surface area contributed by atoms with Crippen molar-refractivity contribution in [1.82, 2.24) is 24.5 Å². The van der Waals surface area contributed by atoms with Crippen LogP contribution >= 0.6 is 0 Å². The Morgan fingerprint density at radius 2 is 2.11 bits per heavy atom. The van der Waals surface area contributed by atoms with E-state index in [2.05, 4.69) is 31.4 Å². The second-order valence-electron chi connectivity index (χ2n) is 4.69. The maximum Gasteiger partial charge on any atom is 0.203 e. The summed E-state index contributed by atoms with van der Waals surface area (Å²) < 4.78 is 4.09. The average Bonchev–Trinajstić information content (AvgIpc) is 3.12. The Labute approximate surface area is 106 Å². The standard InChI is InChI=1S/C12H18N6/c1-2-4-11(3-1)18-10-6-14-12(18)13-5-8-17-9-7-15-16-17/h6-7,9-11H,1-5,8H2,(H,13,14). The van der Waals surface area contributed by atoms with Crippen molar-refractivity contribution in [1.29, 1.82) is 0 Å². The van der Waals surface area contributed by atoms with Crippen LogP contribution in [0.25, 0.3) is 0 Å². The van der Waals surface area contributed by atoms with Crippen LogP contribution in [-0.4, -0.2) is 31.1 Å². The van der Waals surface area contributed by atoms with Gasteiger partial charge in [-0.25, -0.2) is 4.98 Å². The van der Waals surface area contributed by atoms with E-state index in [0.717, 1.165) is 19.0 Å². The summed E-state index contributed by atoms with van der Waals surface area (Å²) in [4.78, 5) is 4.39. The average molecular weight is 246 g/mol. The highest BCUT2D eigenvalue weighted by Crippen LogP contribution is 2.31. The molecule has 96 valence electrons. The van der Waals surface area contributed by atoms with Crippen molar-refractivity contribution in [2.75, 3.05) is 11.9 Å². The molecule has 0 saturated heterocycles. The normalized spacial score (nSPS) is 16.2. The van der Waals surface area contributed by atoms with Gasteiger partial charge in [-0.05, 0) is 12.8 Å². The van der Waals surface area contributed by atoms with Gasteiger partial charge in [-0.2, -0.15) is 0 Å². The molecule has 0 radical (unpaired) electrons. The zero-order valence-electron chi connectivity index (χ0n) is 10.4. The quantitative estimate of drug-likeness (QED) is 0.872. The molecule has 0 unspecified atom stereocenters. The Kier molecular flexibility index (Phi) is 3.25. The molecule has 2 aromatic heterocycles. The minimum Gasteiger partial charge on any atom is -0.354 e. The van der Waals surface area contributed by atoms with E-state index in [4.69, 9.17) is 0 Å². The van der Waals surface area contributed by atoms with Crippen LogP contribution in [0.3, 0.4) is 0 Å². The molecule has 3 rings (SSSR count). The van der Waals surface area contributed by atoms with E-state index in [9.17, 15) is 0 Å². The summed E-state index contributed by atoms with van der Waals surface area (Å²) in [5.74, 6) is 0.974. The summed E-state index contributed by atoms with van der Waals surface area (Å²) in [6, 6.07) is 0.626. The Hall–Kier alpha value is -1.85. The molecule has 0 amide bonds. The van der Waals surface area contributed by atoms with Gasteiger partial charge < -0.3 is 9.88 Å². The molecule has 0 spiro atoms. The number of nitrogens with one attached hydrogen (secondary N) is 1. The second-order valence-corrected chi connectivity index (χ2v) is 4.69. The molecule has 1 fully saturated rings. The molecule has 18 heavy (non-hydrogen) atoms. The van der Waals surface area contributed by atoms with Crippen molar-refractivity contribution in [3.8, 4) is 0 Å². The van der Waals surface area contributed by atoms with Crippen LogP contribution in [0.15, 0.2) is 24.8 Å². The zero-order chi connectivity index (χ0) is 12.2. The predicted octanol–water partition coefficient (Wildman–Crippen LogP) is 1.70. The first kappa shape index (κ1) is 11.3. The van der Waals surface area contributed by atoms with Gasteiger partial charge in [-0.15, -0.1) is 5.10 Å². The van der Waals surface area contributed by atoms with E-state index >= 15 is 0 Å². The van der Waals surface area contributed by atoms with Gasteiger partial charge in [-0.1, -0.05) is 18.1 Å². The van der Waals surface area contributed by atoms with Crippen molar-refractivity contribution >= 4 is 5.95 Å². The van der Waals surface area contributed by atoms with Crippen molar-refractivity contribution in [2.45, 2.75) is 38.3 Å². The van der Waals surface area contributed by atoms with Crippen LogP contribution in [0.5, 0.6) is 0 Å². The summed E-state index contributed by atoms with van der Waals surface area (Å²) in [5.41, 5.74) is 0. The van der Waals surface area contributed by atoms with Crippen LogP contribution < -0.4 is 5.32 Å². The molecule has 6 heteroatoms. The van der Waals surface area contributed by atoms with Crippen LogP contribution in [0.1, 0.15) is 31.7 Å². The van der Waals surface area contributed by atoms with Crippen molar-refractivity contribution < 1.29 is 0 Å². The number of rotatable bonds is 5. The molecule has 2 heterocycles. The summed E-state index contributed by atoms with van der Waals surface area (Å²) in [6.45, 7) is 1.62. The van der Waals surface area contributed by atoms with Crippen LogP contribution in [0.4, 0.5) is 5.95 Å². The number of hydrogen-bond donors (Lipinski definition) is 1. The molecule has 0 atom stereocenters. The SMILES string of the molecule is c1cn(CCNc2nccn2C2CCCC2)nn1. The minimum absolute atomic E-state index is 0.626. The summed E-state index contributed by atoms with van der Waals surface area (Å²) >= 11 is 0. The van der Waals surface area contributed by atoms with Gasteiger partial charge in [0.2, 0.25) is 5.95 Å². The maximum absolute atomic E-state index is 4.39. The first-order chi connectivity index (χ1) is 8.93. The predicted molar refractivity (Wildman–Crippen MR) is 68.2 cm³/mol. The first-order valence-corrected chi connectivity index (χ1v) is 6.54. The van der Waals surface area contributed by atoms with Crippen molar-refractivity contribution in [2.24, 2.45) is 0 Å². The zero-order valence-corrected chi connectivity index (χ0v) is 10.4. The van der Waals surface area contributed by atoms with Gasteiger partial charge in [0.25, 0.3) is 0 Å². The smallest absolute Gasteiger partial charge is 0.203 e. The van der Waals surface area contributed by atoms with E-state index in [-0.39, 0.29) is 0 Å². The molecular formula is C12H18N6. The molecule has 6 nitrogen and oxygen atoms in total. The van der Waals surface area contributed by atoms with E-state index < -0.39 is 0 Å². The molecule has 0 aliphatic heterocycles. The lowest BCUT2D eigenvalue weighted by molar-refractivity contribution is 0.520. The highest BCUT2D eigenvalue weighted by atomic mass is 15.4. The van der Waals surface area contributed by atoms with E-state index in [1.165, 1.54) is 25.7 Å². The van der Waals surface area contributed by atoms with E-state index in [1.807, 2.05) is 17.1 Å². The third-order valence-electron chi connectivity index (χ3n) is 3.48. The highest BCUT2D eigenvalue weighted by Gasteiger charge is 2.18. The topological polar surface area (TPSA) is 60.6 Å². The molecule has 1 aliphatic carbocycles. The molecule has 1 saturated carbocycles. The van der Waals surface area contributed by atoms with Gasteiger partial charge >= 0.3 is 0 Å². The summed E-state index contributed by atoms with van der Waals surface area (Å²) in [5, 5.41) is 11.1. The number of anilines is 1. The Morgan fingerprint density at radius 1 is 1.22 bits per heavy atom. The summed E-state index contributed by atoms with van der Waals surface area (Å²) in [7, 11) is 0. The minimum atomic E-state index is 0.626. The molecular weight excluding hydrogens is 228 g/mol. The Bertz CT molecular complexity index is 468. The fraction of sp³-hybridized carbons (Fsp3) is 0.583. The maximum atomic E-state index is 4.39. The summed E-state index contributed by atoms with van der Waals surface area (Å²) in [6.07, 6.45) is 12.7. The Balaban J connectivity index is 1.57. The van der Waals surface area contributed by atoms with Gasteiger partial charge in [0.1, 0.15) is 0 Å². The number of nitrogens with zero attached hydrogens (tertiary/aromatic N) is 5. The number of imidazole rings is 1. The molecule has 1 N–H and O–H groups in total. The van der Waals surface area contributed by atoms with Crippen LogP contribution in [0, 0.1) is 0 Å². The van der Waals surface area contributed by atoms with Gasteiger partial charge in [-0.3, -0.25) is 4.68 Å². The largest absolute Gasteiger partial charge is 0.354 e. The van der Waals surface area contributed by atoms with Gasteiger partial charge in [0.15, 0.2) is 0 Å². The van der Waals surface area contributed by atoms with Gasteiger partial charge in [0, 0.05) is 31.2 Å². The van der Waals surface area contributed by atoms with E-state index in [0.29, 0.717) is 6.04 Å². The number of hydrogen-bond acceptors (Lipinski definition) is 4. The van der Waals surface area contributed by atoms with Gasteiger partial charge in [0.05, 0.1) is 12.7 Å².